The SMILES string of the molecule is O=C(O)c1ccc(S(=O)(=O)N2CCN(S(=O)(=O)c3ccc(Cl)cc3)CC2)cc1. The number of carboxylic acids is 1. The molecule has 28 heavy (non-hydrogen) atoms. The van der Waals surface area contributed by atoms with Crippen LogP contribution in [0.4, 0.5) is 0 Å². The maximum absolute atomic E-state index is 12.7. The summed E-state index contributed by atoms with van der Waals surface area (Å²) in [6.45, 7) is 0.0144. The summed E-state index contributed by atoms with van der Waals surface area (Å²) in [6.07, 6.45) is 0. The molecule has 0 spiro atoms. The molecule has 2 aromatic rings. The van der Waals surface area contributed by atoms with Crippen molar-refractivity contribution in [3.8, 4) is 0 Å². The average Bonchev–Trinajstić information content (AvgIpc) is 2.68. The smallest absolute Gasteiger partial charge is 0.335 e. The Morgan fingerprint density at radius 2 is 1.11 bits per heavy atom. The Balaban J connectivity index is 1.73. The first kappa shape index (κ1) is 20.7. The van der Waals surface area contributed by atoms with E-state index in [4.69, 9.17) is 16.7 Å². The molecule has 150 valence electrons. The van der Waals surface area contributed by atoms with Gasteiger partial charge < -0.3 is 5.11 Å². The molecule has 2 aromatic carbocycles. The highest BCUT2D eigenvalue weighted by atomic mass is 35.5. The molecule has 1 saturated heterocycles. The van der Waals surface area contributed by atoms with E-state index in [-0.39, 0.29) is 41.5 Å². The van der Waals surface area contributed by atoms with Gasteiger partial charge in [0.25, 0.3) is 0 Å². The summed E-state index contributed by atoms with van der Waals surface area (Å²) in [4.78, 5) is 11.0. The summed E-state index contributed by atoms with van der Waals surface area (Å²) in [5.74, 6) is -1.15. The second-order valence-electron chi connectivity index (χ2n) is 6.09. The molecule has 8 nitrogen and oxygen atoms in total. The lowest BCUT2D eigenvalue weighted by Crippen LogP contribution is -2.50. The molecule has 3 rings (SSSR count). The van der Waals surface area contributed by atoms with Crippen LogP contribution in [-0.2, 0) is 20.0 Å². The van der Waals surface area contributed by atoms with E-state index in [1.807, 2.05) is 0 Å². The number of hydrogen-bond donors (Lipinski definition) is 1. The molecule has 0 amide bonds. The second kappa shape index (κ2) is 7.80. The number of piperazine rings is 1. The second-order valence-corrected chi connectivity index (χ2v) is 10.4. The number of hydrogen-bond acceptors (Lipinski definition) is 5. The molecule has 0 atom stereocenters. The van der Waals surface area contributed by atoms with Gasteiger partial charge in [-0.15, -0.1) is 0 Å². The largest absolute Gasteiger partial charge is 0.478 e. The van der Waals surface area contributed by atoms with Crippen LogP contribution >= 0.6 is 11.6 Å². The van der Waals surface area contributed by atoms with Crippen molar-refractivity contribution < 1.29 is 26.7 Å². The number of rotatable bonds is 5. The predicted octanol–water partition coefficient (Wildman–Crippen LogP) is 1.73. The Kier molecular flexibility index (Phi) is 5.78. The predicted molar refractivity (Wildman–Crippen MR) is 102 cm³/mol. The van der Waals surface area contributed by atoms with Gasteiger partial charge in [0.1, 0.15) is 0 Å². The van der Waals surface area contributed by atoms with Crippen LogP contribution in [0.25, 0.3) is 0 Å². The number of aromatic carboxylic acids is 1. The molecule has 1 aliphatic heterocycles. The molecule has 0 saturated carbocycles. The van der Waals surface area contributed by atoms with Gasteiger partial charge in [0.05, 0.1) is 15.4 Å². The third kappa shape index (κ3) is 4.06. The molecule has 1 N–H and O–H groups in total. The summed E-state index contributed by atoms with van der Waals surface area (Å²) >= 11 is 5.79. The van der Waals surface area contributed by atoms with Gasteiger partial charge in [-0.05, 0) is 48.5 Å². The lowest BCUT2D eigenvalue weighted by molar-refractivity contribution is 0.0696. The topological polar surface area (TPSA) is 112 Å². The van der Waals surface area contributed by atoms with Crippen LogP contribution in [0.3, 0.4) is 0 Å². The third-order valence-electron chi connectivity index (χ3n) is 4.39. The number of carbonyl (C=O) groups is 1. The maximum Gasteiger partial charge on any atom is 0.335 e. The Bertz CT molecular complexity index is 1080. The van der Waals surface area contributed by atoms with Crippen molar-refractivity contribution >= 4 is 37.6 Å². The van der Waals surface area contributed by atoms with Crippen LogP contribution in [-0.4, -0.2) is 62.7 Å². The minimum absolute atomic E-state index is 0.00413. The lowest BCUT2D eigenvalue weighted by Gasteiger charge is -2.33. The zero-order valence-electron chi connectivity index (χ0n) is 14.5. The van der Waals surface area contributed by atoms with Crippen molar-refractivity contribution in [1.29, 1.82) is 0 Å². The molecule has 1 aliphatic rings. The van der Waals surface area contributed by atoms with E-state index >= 15 is 0 Å². The number of benzene rings is 2. The van der Waals surface area contributed by atoms with E-state index < -0.39 is 26.0 Å². The molecule has 0 aliphatic carbocycles. The van der Waals surface area contributed by atoms with Crippen molar-refractivity contribution in [2.45, 2.75) is 9.79 Å². The van der Waals surface area contributed by atoms with Crippen molar-refractivity contribution in [3.63, 3.8) is 0 Å². The molecule has 0 unspecified atom stereocenters. The van der Waals surface area contributed by atoms with Crippen molar-refractivity contribution in [3.05, 3.63) is 59.1 Å². The van der Waals surface area contributed by atoms with Crippen LogP contribution < -0.4 is 0 Å². The van der Waals surface area contributed by atoms with Crippen molar-refractivity contribution in [2.24, 2.45) is 0 Å². The van der Waals surface area contributed by atoms with Gasteiger partial charge in [-0.3, -0.25) is 0 Å². The maximum atomic E-state index is 12.7. The van der Waals surface area contributed by atoms with Gasteiger partial charge in [-0.25, -0.2) is 21.6 Å². The summed E-state index contributed by atoms with van der Waals surface area (Å²) < 4.78 is 53.3. The molecule has 1 fully saturated rings. The zero-order chi connectivity index (χ0) is 20.5. The molecular weight excluding hydrogens is 428 g/mol. The van der Waals surface area contributed by atoms with Crippen LogP contribution in [0.2, 0.25) is 5.02 Å². The quantitative estimate of drug-likeness (QED) is 0.751. The first-order chi connectivity index (χ1) is 13.1. The number of halogens is 1. The molecule has 0 bridgehead atoms. The van der Waals surface area contributed by atoms with E-state index in [9.17, 15) is 21.6 Å². The van der Waals surface area contributed by atoms with E-state index in [1.54, 1.807) is 0 Å². The standard InChI is InChI=1S/C17H17ClN2O6S2/c18-14-3-7-16(8-4-14)28(25,26)20-11-9-19(10-12-20)27(23,24)15-5-1-13(2-6-15)17(21)22/h1-8H,9-12H2,(H,21,22). The fourth-order valence-corrected chi connectivity index (χ4v) is 5.80. The Morgan fingerprint density at radius 3 is 1.46 bits per heavy atom. The van der Waals surface area contributed by atoms with Crippen LogP contribution in [0.15, 0.2) is 58.3 Å². The van der Waals surface area contributed by atoms with Gasteiger partial charge >= 0.3 is 5.97 Å². The lowest BCUT2D eigenvalue weighted by atomic mass is 10.2. The Labute approximate surface area is 168 Å². The normalized spacial score (nSPS) is 16.8. The monoisotopic (exact) mass is 444 g/mol. The van der Waals surface area contributed by atoms with Crippen molar-refractivity contribution in [1.82, 2.24) is 8.61 Å². The summed E-state index contributed by atoms with van der Waals surface area (Å²) in [7, 11) is -7.58. The first-order valence-corrected chi connectivity index (χ1v) is 11.5. The minimum atomic E-state index is -3.84. The number of sulfonamides is 2. The van der Waals surface area contributed by atoms with E-state index in [1.165, 1.54) is 57.1 Å². The minimum Gasteiger partial charge on any atom is -0.478 e. The Morgan fingerprint density at radius 1 is 0.750 bits per heavy atom. The first-order valence-electron chi connectivity index (χ1n) is 8.21. The molecule has 0 aromatic heterocycles. The molecule has 1 heterocycles. The molecular formula is C17H17ClN2O6S2. The van der Waals surface area contributed by atoms with Gasteiger partial charge in [-0.2, -0.15) is 8.61 Å². The number of nitrogens with zero attached hydrogens (tertiary/aromatic N) is 2. The fourth-order valence-electron chi connectivity index (χ4n) is 2.82. The zero-order valence-corrected chi connectivity index (χ0v) is 16.9. The van der Waals surface area contributed by atoms with E-state index in [0.717, 1.165) is 0 Å². The van der Waals surface area contributed by atoms with Gasteiger partial charge in [0.2, 0.25) is 20.0 Å². The molecule has 11 heteroatoms. The van der Waals surface area contributed by atoms with Crippen molar-refractivity contribution in [2.75, 3.05) is 26.2 Å². The van der Waals surface area contributed by atoms with E-state index in [2.05, 4.69) is 0 Å². The summed E-state index contributed by atoms with van der Waals surface area (Å²) in [5, 5.41) is 9.33. The highest BCUT2D eigenvalue weighted by Crippen LogP contribution is 2.23. The van der Waals surface area contributed by atoms with Crippen LogP contribution in [0.5, 0.6) is 0 Å². The number of carboxylic acid groups (broad SMARTS) is 1. The van der Waals surface area contributed by atoms with Crippen LogP contribution in [0, 0.1) is 0 Å². The highest BCUT2D eigenvalue weighted by Gasteiger charge is 2.33. The average molecular weight is 445 g/mol. The summed E-state index contributed by atoms with van der Waals surface area (Å²) in [6, 6.07) is 10.7. The van der Waals surface area contributed by atoms with E-state index in [0.29, 0.717) is 5.02 Å². The summed E-state index contributed by atoms with van der Waals surface area (Å²) in [5.41, 5.74) is -0.0159. The van der Waals surface area contributed by atoms with Gasteiger partial charge in [-0.1, -0.05) is 11.6 Å². The van der Waals surface area contributed by atoms with Crippen LogP contribution in [0.1, 0.15) is 10.4 Å². The Hall–Kier alpha value is -1.98. The van der Waals surface area contributed by atoms with Gasteiger partial charge in [0, 0.05) is 31.2 Å². The highest BCUT2D eigenvalue weighted by molar-refractivity contribution is 7.89. The van der Waals surface area contributed by atoms with Gasteiger partial charge in [0.15, 0.2) is 0 Å². The third-order valence-corrected chi connectivity index (χ3v) is 8.47. The fraction of sp³-hybridized carbons (Fsp3) is 0.235. The molecule has 0 radical (unpaired) electrons.